The largest absolute Gasteiger partial charge is 0.355 e. The second-order valence-corrected chi connectivity index (χ2v) is 5.78. The molecule has 2 aromatic carbocycles. The van der Waals surface area contributed by atoms with Crippen molar-refractivity contribution in [3.8, 4) is 0 Å². The van der Waals surface area contributed by atoms with E-state index in [-0.39, 0.29) is 24.0 Å². The molecule has 3 rings (SSSR count). The van der Waals surface area contributed by atoms with Gasteiger partial charge < -0.3 is 10.6 Å². The van der Waals surface area contributed by atoms with Gasteiger partial charge in [0.1, 0.15) is 11.5 Å². The summed E-state index contributed by atoms with van der Waals surface area (Å²) in [4.78, 5) is 16.3. The normalized spacial score (nSPS) is 10.3. The van der Waals surface area contributed by atoms with Crippen molar-refractivity contribution in [2.45, 2.75) is 6.54 Å². The Hall–Kier alpha value is -2.92. The molecule has 1 aromatic heterocycles. The molecule has 3 aromatic rings. The van der Waals surface area contributed by atoms with Crippen LogP contribution in [0.4, 0.5) is 15.8 Å². The fourth-order valence-electron chi connectivity index (χ4n) is 2.27. The second kappa shape index (κ2) is 7.77. The maximum Gasteiger partial charge on any atom is 0.270 e. The molecule has 126 valence electrons. The number of aromatic nitrogens is 1. The monoisotopic (exact) mass is 355 g/mol. The minimum atomic E-state index is -0.377. The number of halogens is 2. The number of hydrogen-bond acceptors (Lipinski definition) is 3. The molecule has 0 aliphatic rings. The number of hydrogen-bond donors (Lipinski definition) is 2. The Morgan fingerprint density at radius 1 is 1.04 bits per heavy atom. The first-order valence-corrected chi connectivity index (χ1v) is 8.00. The van der Waals surface area contributed by atoms with Gasteiger partial charge in [-0.25, -0.2) is 4.39 Å². The van der Waals surface area contributed by atoms with Crippen LogP contribution in [0.5, 0.6) is 0 Å². The first kappa shape index (κ1) is 16.9. The Morgan fingerprint density at radius 2 is 1.84 bits per heavy atom. The quantitative estimate of drug-likeness (QED) is 0.706. The van der Waals surface area contributed by atoms with E-state index >= 15 is 0 Å². The molecule has 1 amide bonds. The van der Waals surface area contributed by atoms with Gasteiger partial charge >= 0.3 is 0 Å². The van der Waals surface area contributed by atoms with Crippen LogP contribution >= 0.6 is 11.6 Å². The summed E-state index contributed by atoms with van der Waals surface area (Å²) >= 11 is 5.96. The highest BCUT2D eigenvalue weighted by Crippen LogP contribution is 2.20. The summed E-state index contributed by atoms with van der Waals surface area (Å²) in [6, 6.07) is 16.9. The van der Waals surface area contributed by atoms with Crippen molar-refractivity contribution in [1.29, 1.82) is 0 Å². The van der Waals surface area contributed by atoms with E-state index in [1.165, 1.54) is 12.3 Å². The van der Waals surface area contributed by atoms with Crippen molar-refractivity contribution in [3.05, 3.63) is 89.0 Å². The second-order valence-electron chi connectivity index (χ2n) is 5.34. The molecule has 0 bridgehead atoms. The summed E-state index contributed by atoms with van der Waals surface area (Å²) in [5.41, 5.74) is 2.16. The van der Waals surface area contributed by atoms with Gasteiger partial charge in [0.25, 0.3) is 5.91 Å². The van der Waals surface area contributed by atoms with E-state index in [4.69, 9.17) is 11.6 Å². The Labute approximate surface area is 149 Å². The molecule has 0 atom stereocenters. The van der Waals surface area contributed by atoms with Gasteiger partial charge in [-0.2, -0.15) is 0 Å². The molecule has 6 heteroatoms. The van der Waals surface area contributed by atoms with Gasteiger partial charge in [0, 0.05) is 34.7 Å². The number of rotatable bonds is 5. The summed E-state index contributed by atoms with van der Waals surface area (Å²) in [7, 11) is 0. The molecule has 0 saturated heterocycles. The lowest BCUT2D eigenvalue weighted by Crippen LogP contribution is -2.24. The predicted octanol–water partition coefficient (Wildman–Crippen LogP) is 4.55. The number of carbonyl (C=O) groups is 1. The lowest BCUT2D eigenvalue weighted by atomic mass is 10.2. The number of anilines is 2. The van der Waals surface area contributed by atoms with E-state index in [0.29, 0.717) is 16.3 Å². The summed E-state index contributed by atoms with van der Waals surface area (Å²) < 4.78 is 13.6. The van der Waals surface area contributed by atoms with E-state index in [1.807, 2.05) is 12.1 Å². The number of carbonyl (C=O) groups excluding carboxylic acids is 1. The number of pyridine rings is 1. The molecule has 0 aliphatic carbocycles. The van der Waals surface area contributed by atoms with Crippen molar-refractivity contribution >= 4 is 28.9 Å². The lowest BCUT2D eigenvalue weighted by Gasteiger charge is -2.09. The first-order valence-electron chi connectivity index (χ1n) is 7.62. The van der Waals surface area contributed by atoms with Crippen LogP contribution in [-0.4, -0.2) is 10.9 Å². The highest BCUT2D eigenvalue weighted by Gasteiger charge is 2.09. The van der Waals surface area contributed by atoms with Crippen molar-refractivity contribution < 1.29 is 9.18 Å². The molecule has 0 spiro atoms. The van der Waals surface area contributed by atoms with Crippen LogP contribution in [0.15, 0.2) is 66.9 Å². The third-order valence-electron chi connectivity index (χ3n) is 3.50. The zero-order valence-corrected chi connectivity index (χ0v) is 13.9. The highest BCUT2D eigenvalue weighted by atomic mass is 35.5. The molecule has 0 radical (unpaired) electrons. The zero-order chi connectivity index (χ0) is 17.6. The Bertz CT molecular complexity index is 901. The SMILES string of the molecule is O=C(NCc1ccccc1F)c1cc(Nc2cccc(Cl)c2)ccn1. The van der Waals surface area contributed by atoms with Crippen LogP contribution in [0.3, 0.4) is 0 Å². The predicted molar refractivity (Wildman–Crippen MR) is 96.5 cm³/mol. The van der Waals surface area contributed by atoms with E-state index in [1.54, 1.807) is 42.5 Å². The van der Waals surface area contributed by atoms with Crippen LogP contribution in [0.2, 0.25) is 5.02 Å². The van der Waals surface area contributed by atoms with Crippen LogP contribution in [0.1, 0.15) is 16.1 Å². The van der Waals surface area contributed by atoms with Gasteiger partial charge in [-0.1, -0.05) is 35.9 Å². The fraction of sp³-hybridized carbons (Fsp3) is 0.0526. The molecule has 0 fully saturated rings. The standard InChI is InChI=1S/C19H15ClFN3O/c20-14-5-3-6-15(10-14)24-16-8-9-22-18(11-16)19(25)23-12-13-4-1-2-7-17(13)21/h1-11H,12H2,(H,22,24)(H,23,25). The van der Waals surface area contributed by atoms with E-state index in [0.717, 1.165) is 5.69 Å². The Kier molecular flexibility index (Phi) is 5.26. The van der Waals surface area contributed by atoms with E-state index in [9.17, 15) is 9.18 Å². The molecular formula is C19H15ClFN3O. The molecule has 1 heterocycles. The lowest BCUT2D eigenvalue weighted by molar-refractivity contribution is 0.0945. The van der Waals surface area contributed by atoms with Crippen molar-refractivity contribution in [2.75, 3.05) is 5.32 Å². The van der Waals surface area contributed by atoms with E-state index < -0.39 is 0 Å². The highest BCUT2D eigenvalue weighted by molar-refractivity contribution is 6.30. The topological polar surface area (TPSA) is 54.0 Å². The molecule has 0 saturated carbocycles. The van der Waals surface area contributed by atoms with Gasteiger partial charge in [-0.3, -0.25) is 9.78 Å². The number of nitrogens with one attached hydrogen (secondary N) is 2. The van der Waals surface area contributed by atoms with Gasteiger partial charge in [0.15, 0.2) is 0 Å². The number of nitrogens with zero attached hydrogens (tertiary/aromatic N) is 1. The molecule has 25 heavy (non-hydrogen) atoms. The zero-order valence-electron chi connectivity index (χ0n) is 13.2. The number of amides is 1. The van der Waals surface area contributed by atoms with Crippen LogP contribution in [-0.2, 0) is 6.54 Å². The third-order valence-corrected chi connectivity index (χ3v) is 3.74. The molecular weight excluding hydrogens is 341 g/mol. The number of benzene rings is 2. The summed E-state index contributed by atoms with van der Waals surface area (Å²) in [6.45, 7) is 0.0964. The van der Waals surface area contributed by atoms with Crippen LogP contribution in [0, 0.1) is 5.82 Å². The average Bonchev–Trinajstić information content (AvgIpc) is 2.61. The van der Waals surface area contributed by atoms with Gasteiger partial charge in [0.05, 0.1) is 0 Å². The third kappa shape index (κ3) is 4.55. The van der Waals surface area contributed by atoms with Crippen LogP contribution in [0.25, 0.3) is 0 Å². The maximum atomic E-state index is 13.6. The van der Waals surface area contributed by atoms with Crippen LogP contribution < -0.4 is 10.6 Å². The summed E-state index contributed by atoms with van der Waals surface area (Å²) in [5.74, 6) is -0.731. The maximum absolute atomic E-state index is 13.6. The van der Waals surface area contributed by atoms with Crippen molar-refractivity contribution in [1.82, 2.24) is 10.3 Å². The average molecular weight is 356 g/mol. The summed E-state index contributed by atoms with van der Waals surface area (Å²) in [6.07, 6.45) is 1.53. The van der Waals surface area contributed by atoms with Crippen molar-refractivity contribution in [2.24, 2.45) is 0 Å². The molecule has 0 unspecified atom stereocenters. The molecule has 2 N–H and O–H groups in total. The first-order chi connectivity index (χ1) is 12.1. The fourth-order valence-corrected chi connectivity index (χ4v) is 2.46. The minimum Gasteiger partial charge on any atom is -0.355 e. The smallest absolute Gasteiger partial charge is 0.270 e. The van der Waals surface area contributed by atoms with Gasteiger partial charge in [-0.15, -0.1) is 0 Å². The Morgan fingerprint density at radius 3 is 2.64 bits per heavy atom. The summed E-state index contributed by atoms with van der Waals surface area (Å²) in [5, 5.41) is 6.44. The minimum absolute atomic E-state index is 0.0964. The van der Waals surface area contributed by atoms with Gasteiger partial charge in [0.2, 0.25) is 0 Å². The van der Waals surface area contributed by atoms with Gasteiger partial charge in [-0.05, 0) is 36.4 Å². The van der Waals surface area contributed by atoms with Crippen molar-refractivity contribution in [3.63, 3.8) is 0 Å². The molecule has 0 aliphatic heterocycles. The van der Waals surface area contributed by atoms with E-state index in [2.05, 4.69) is 15.6 Å². The Balaban J connectivity index is 1.68. The molecule has 4 nitrogen and oxygen atoms in total.